The van der Waals surface area contributed by atoms with E-state index in [2.05, 4.69) is 11.2 Å². The van der Waals surface area contributed by atoms with Crippen molar-refractivity contribution in [1.82, 2.24) is 0 Å². The highest BCUT2D eigenvalue weighted by Gasteiger charge is 2.42. The standard InChI is InChI=1S/C31H30N2O5/c32-17-26-16-28(33-38-26)27-21-35-29(22-34-18-23-10-4-1-5-11-23)31(37-20-25-14-8-3-9-15-25)30(27)36-19-24-12-6-2-7-13-24/h1-15,21,26,29-31H,16,18-20,22H2/t26-,29+,30+,31+/m0/s1. The highest BCUT2D eigenvalue weighted by atomic mass is 16.6. The zero-order chi connectivity index (χ0) is 26.0. The van der Waals surface area contributed by atoms with Gasteiger partial charge in [0.15, 0.2) is 0 Å². The van der Waals surface area contributed by atoms with E-state index in [1.165, 1.54) is 0 Å². The van der Waals surface area contributed by atoms with Crippen LogP contribution in [0.4, 0.5) is 0 Å². The van der Waals surface area contributed by atoms with Crippen molar-refractivity contribution in [3.05, 3.63) is 120 Å². The largest absolute Gasteiger partial charge is 0.492 e. The molecule has 2 heterocycles. The summed E-state index contributed by atoms with van der Waals surface area (Å²) in [4.78, 5) is 5.29. The average molecular weight is 511 g/mol. The van der Waals surface area contributed by atoms with Crippen LogP contribution in [0.15, 0.2) is 108 Å². The number of oxime groups is 1. The lowest BCUT2D eigenvalue weighted by molar-refractivity contribution is -0.149. The predicted molar refractivity (Wildman–Crippen MR) is 142 cm³/mol. The van der Waals surface area contributed by atoms with Crippen LogP contribution in [-0.4, -0.2) is 36.7 Å². The van der Waals surface area contributed by atoms with Crippen LogP contribution < -0.4 is 0 Å². The number of hydrogen-bond donors (Lipinski definition) is 0. The van der Waals surface area contributed by atoms with Crippen molar-refractivity contribution in [1.29, 1.82) is 5.26 Å². The van der Waals surface area contributed by atoms with Crippen LogP contribution in [0.3, 0.4) is 0 Å². The Labute approximate surface area is 222 Å². The monoisotopic (exact) mass is 510 g/mol. The molecule has 0 spiro atoms. The van der Waals surface area contributed by atoms with E-state index >= 15 is 0 Å². The van der Waals surface area contributed by atoms with Crippen LogP contribution in [0.25, 0.3) is 0 Å². The number of benzene rings is 3. The van der Waals surface area contributed by atoms with Gasteiger partial charge in [-0.2, -0.15) is 5.26 Å². The molecule has 194 valence electrons. The SMILES string of the molecule is N#C[C@@H]1CC(C2=CO[C@H](COCc3ccccc3)[C@@H](OCc3ccccc3)[C@@H]2OCc2ccccc2)=NO1. The molecule has 2 aliphatic heterocycles. The Hall–Kier alpha value is -3.96. The second-order valence-corrected chi connectivity index (χ2v) is 9.19. The van der Waals surface area contributed by atoms with E-state index < -0.39 is 24.4 Å². The molecule has 0 saturated heterocycles. The minimum Gasteiger partial charge on any atom is -0.492 e. The minimum atomic E-state index is -0.628. The van der Waals surface area contributed by atoms with Crippen LogP contribution in [0.1, 0.15) is 23.1 Å². The van der Waals surface area contributed by atoms with Crippen molar-refractivity contribution in [3.63, 3.8) is 0 Å². The van der Waals surface area contributed by atoms with Crippen molar-refractivity contribution >= 4 is 5.71 Å². The topological polar surface area (TPSA) is 82.3 Å². The van der Waals surface area contributed by atoms with Gasteiger partial charge in [-0.05, 0) is 16.7 Å². The molecule has 0 unspecified atom stereocenters. The second-order valence-electron chi connectivity index (χ2n) is 9.19. The lowest BCUT2D eigenvalue weighted by Crippen LogP contribution is -2.49. The van der Waals surface area contributed by atoms with Gasteiger partial charge >= 0.3 is 0 Å². The molecule has 3 aromatic carbocycles. The first-order valence-electron chi connectivity index (χ1n) is 12.7. The summed E-state index contributed by atoms with van der Waals surface area (Å²) in [5, 5.41) is 13.5. The Morgan fingerprint density at radius 3 is 1.95 bits per heavy atom. The molecular formula is C31H30N2O5. The Morgan fingerprint density at radius 1 is 0.789 bits per heavy atom. The van der Waals surface area contributed by atoms with Crippen LogP contribution in [0, 0.1) is 11.3 Å². The molecule has 7 heteroatoms. The normalized spacial score (nSPS) is 22.5. The number of ether oxygens (including phenoxy) is 4. The second kappa shape index (κ2) is 13.0. The molecule has 38 heavy (non-hydrogen) atoms. The van der Waals surface area contributed by atoms with E-state index in [1.54, 1.807) is 6.26 Å². The van der Waals surface area contributed by atoms with Crippen LogP contribution in [0.5, 0.6) is 0 Å². The molecule has 0 saturated carbocycles. The molecule has 3 aromatic rings. The highest BCUT2D eigenvalue weighted by molar-refractivity contribution is 6.02. The zero-order valence-electron chi connectivity index (χ0n) is 21.0. The lowest BCUT2D eigenvalue weighted by atomic mass is 9.93. The fourth-order valence-electron chi connectivity index (χ4n) is 4.43. The van der Waals surface area contributed by atoms with Gasteiger partial charge in [0.2, 0.25) is 6.10 Å². The van der Waals surface area contributed by atoms with Gasteiger partial charge in [-0.3, -0.25) is 0 Å². The Morgan fingerprint density at radius 2 is 1.37 bits per heavy atom. The zero-order valence-corrected chi connectivity index (χ0v) is 21.0. The van der Waals surface area contributed by atoms with Crippen LogP contribution in [0.2, 0.25) is 0 Å². The summed E-state index contributed by atoms with van der Waals surface area (Å²) in [5.41, 5.74) is 4.51. The van der Waals surface area contributed by atoms with E-state index in [0.717, 1.165) is 22.3 Å². The third-order valence-corrected chi connectivity index (χ3v) is 6.44. The van der Waals surface area contributed by atoms with Crippen molar-refractivity contribution in [2.45, 2.75) is 50.7 Å². The van der Waals surface area contributed by atoms with Gasteiger partial charge in [0, 0.05) is 12.0 Å². The number of nitriles is 1. The van der Waals surface area contributed by atoms with Gasteiger partial charge in [0.25, 0.3) is 0 Å². The van der Waals surface area contributed by atoms with Gasteiger partial charge in [0.1, 0.15) is 24.4 Å². The Balaban J connectivity index is 1.38. The first-order valence-corrected chi connectivity index (χ1v) is 12.7. The summed E-state index contributed by atoms with van der Waals surface area (Å²) in [7, 11) is 0. The first kappa shape index (κ1) is 25.7. The summed E-state index contributed by atoms with van der Waals surface area (Å²) in [6.07, 6.45) is -0.0113. The smallest absolute Gasteiger partial charge is 0.218 e. The first-order chi connectivity index (χ1) is 18.8. The molecule has 0 fully saturated rings. The van der Waals surface area contributed by atoms with Gasteiger partial charge < -0.3 is 23.8 Å². The van der Waals surface area contributed by atoms with Gasteiger partial charge in [-0.25, -0.2) is 0 Å². The highest BCUT2D eigenvalue weighted by Crippen LogP contribution is 2.31. The molecule has 7 nitrogen and oxygen atoms in total. The van der Waals surface area contributed by atoms with E-state index in [1.807, 2.05) is 91.0 Å². The van der Waals surface area contributed by atoms with Crippen LogP contribution in [-0.2, 0) is 43.6 Å². The van der Waals surface area contributed by atoms with Gasteiger partial charge in [-0.15, -0.1) is 0 Å². The molecule has 0 radical (unpaired) electrons. The number of rotatable bonds is 11. The average Bonchev–Trinajstić information content (AvgIpc) is 3.46. The van der Waals surface area contributed by atoms with Crippen LogP contribution >= 0.6 is 0 Å². The molecule has 0 bridgehead atoms. The molecule has 0 aromatic heterocycles. The van der Waals surface area contributed by atoms with Crippen molar-refractivity contribution in [2.75, 3.05) is 6.61 Å². The molecule has 5 rings (SSSR count). The Kier molecular flexibility index (Phi) is 8.80. The minimum absolute atomic E-state index is 0.313. The van der Waals surface area contributed by atoms with E-state index in [4.69, 9.17) is 23.8 Å². The molecular weight excluding hydrogens is 480 g/mol. The summed E-state index contributed by atoms with van der Waals surface area (Å²) in [6, 6.07) is 32.1. The molecule has 2 aliphatic rings. The third kappa shape index (κ3) is 6.67. The molecule has 4 atom stereocenters. The van der Waals surface area contributed by atoms with E-state index in [9.17, 15) is 5.26 Å². The lowest BCUT2D eigenvalue weighted by Gasteiger charge is -2.37. The summed E-state index contributed by atoms with van der Waals surface area (Å²) < 4.78 is 25.2. The predicted octanol–water partition coefficient (Wildman–Crippen LogP) is 5.33. The summed E-state index contributed by atoms with van der Waals surface area (Å²) in [5.74, 6) is 0. The fourth-order valence-corrected chi connectivity index (χ4v) is 4.43. The number of nitrogens with zero attached hydrogens (tertiary/aromatic N) is 2. The van der Waals surface area contributed by atoms with E-state index in [0.29, 0.717) is 38.6 Å². The maximum absolute atomic E-state index is 9.32. The summed E-state index contributed by atoms with van der Waals surface area (Å²) >= 11 is 0. The van der Waals surface area contributed by atoms with Crippen molar-refractivity contribution in [2.24, 2.45) is 5.16 Å². The molecule has 0 amide bonds. The Bertz CT molecular complexity index is 1260. The maximum atomic E-state index is 9.32. The van der Waals surface area contributed by atoms with E-state index in [-0.39, 0.29) is 0 Å². The summed E-state index contributed by atoms with van der Waals surface area (Å²) in [6.45, 7) is 1.53. The van der Waals surface area contributed by atoms with Gasteiger partial charge in [0.05, 0.1) is 38.4 Å². The van der Waals surface area contributed by atoms with Gasteiger partial charge in [-0.1, -0.05) is 96.2 Å². The maximum Gasteiger partial charge on any atom is 0.218 e. The number of hydrogen-bond acceptors (Lipinski definition) is 7. The van der Waals surface area contributed by atoms with Crippen molar-refractivity contribution in [3.8, 4) is 6.07 Å². The fraction of sp³-hybridized carbons (Fsp3) is 0.290. The third-order valence-electron chi connectivity index (χ3n) is 6.44. The molecule has 0 aliphatic carbocycles. The quantitative estimate of drug-likeness (QED) is 0.347. The molecule has 0 N–H and O–H groups in total. The van der Waals surface area contributed by atoms with Crippen molar-refractivity contribution < 1.29 is 23.8 Å².